The number of halogens is 3. The second kappa shape index (κ2) is 7.44. The second-order valence-electron chi connectivity index (χ2n) is 5.06. The van der Waals surface area contributed by atoms with Gasteiger partial charge in [0, 0.05) is 11.2 Å². The molecule has 0 unspecified atom stereocenters. The van der Waals surface area contributed by atoms with E-state index in [9.17, 15) is 14.9 Å². The summed E-state index contributed by atoms with van der Waals surface area (Å²) in [5, 5.41) is 24.0. The quantitative estimate of drug-likeness (QED) is 0.443. The summed E-state index contributed by atoms with van der Waals surface area (Å²) in [6.07, 6.45) is 1.53. The summed E-state index contributed by atoms with van der Waals surface area (Å²) in [6.45, 7) is 0.354. The first kappa shape index (κ1) is 18.4. The zero-order valence-electron chi connectivity index (χ0n) is 12.7. The van der Waals surface area contributed by atoms with Crippen LogP contribution in [-0.4, -0.2) is 30.8 Å². The number of rotatable bonds is 5. The highest BCUT2D eigenvalue weighted by Gasteiger charge is 2.25. The van der Waals surface area contributed by atoms with Crippen LogP contribution in [-0.2, 0) is 6.54 Å². The number of hydrogen-bond acceptors (Lipinski definition) is 5. The lowest BCUT2D eigenvalue weighted by Gasteiger charge is -2.04. The van der Waals surface area contributed by atoms with Crippen molar-refractivity contribution >= 4 is 56.7 Å². The lowest BCUT2D eigenvalue weighted by atomic mass is 10.2. The van der Waals surface area contributed by atoms with E-state index < -0.39 is 16.6 Å². The molecule has 0 saturated carbocycles. The van der Waals surface area contributed by atoms with Gasteiger partial charge in [-0.25, -0.2) is 0 Å². The normalized spacial score (nSPS) is 10.7. The molecule has 12 heteroatoms. The lowest BCUT2D eigenvalue weighted by Crippen LogP contribution is -2.14. The highest BCUT2D eigenvalue weighted by molar-refractivity contribution is 9.10. The van der Waals surface area contributed by atoms with E-state index in [-0.39, 0.29) is 21.0 Å². The number of hydrogen-bond donors (Lipinski definition) is 2. The Kier molecular flexibility index (Phi) is 5.25. The fourth-order valence-electron chi connectivity index (χ4n) is 2.12. The van der Waals surface area contributed by atoms with Gasteiger partial charge < -0.3 is 15.4 Å². The van der Waals surface area contributed by atoms with E-state index >= 15 is 0 Å². The van der Waals surface area contributed by atoms with Gasteiger partial charge in [-0.05, 0) is 32.5 Å². The van der Waals surface area contributed by atoms with Crippen LogP contribution in [0.2, 0.25) is 10.0 Å². The van der Waals surface area contributed by atoms with Crippen molar-refractivity contribution in [2.45, 2.75) is 6.54 Å². The minimum absolute atomic E-state index is 0.0633. The fraction of sp³-hybridized carbons (Fsp3) is 0.0714. The maximum absolute atomic E-state index is 12.3. The summed E-state index contributed by atoms with van der Waals surface area (Å²) in [6, 6.07) is 7.26. The average Bonchev–Trinajstić information content (AvgIpc) is 3.13. The highest BCUT2D eigenvalue weighted by Crippen LogP contribution is 2.27. The molecule has 1 aromatic carbocycles. The van der Waals surface area contributed by atoms with E-state index in [1.165, 1.54) is 10.9 Å². The molecule has 0 aliphatic rings. The van der Waals surface area contributed by atoms with Crippen LogP contribution in [0.3, 0.4) is 0 Å². The number of aromatic amines is 1. The summed E-state index contributed by atoms with van der Waals surface area (Å²) in [7, 11) is 0. The molecule has 1 amide bonds. The van der Waals surface area contributed by atoms with Crippen molar-refractivity contribution in [1.29, 1.82) is 0 Å². The van der Waals surface area contributed by atoms with E-state index in [0.29, 0.717) is 11.6 Å². The van der Waals surface area contributed by atoms with E-state index in [1.54, 1.807) is 6.07 Å². The van der Waals surface area contributed by atoms with Crippen LogP contribution in [0.15, 0.2) is 34.9 Å². The number of nitrogens with one attached hydrogen (secondary N) is 2. The van der Waals surface area contributed by atoms with Gasteiger partial charge in [0.2, 0.25) is 0 Å². The van der Waals surface area contributed by atoms with E-state index in [4.69, 9.17) is 23.2 Å². The first-order valence-corrected chi connectivity index (χ1v) is 8.57. The molecule has 2 N–H and O–H groups in total. The molecule has 0 spiro atoms. The third-order valence-corrected chi connectivity index (χ3v) is 4.72. The van der Waals surface area contributed by atoms with Crippen LogP contribution in [0.1, 0.15) is 16.1 Å². The van der Waals surface area contributed by atoms with Gasteiger partial charge in [0.25, 0.3) is 5.91 Å². The van der Waals surface area contributed by atoms with Gasteiger partial charge in [-0.2, -0.15) is 5.10 Å². The Morgan fingerprint density at radius 1 is 1.35 bits per heavy atom. The molecular formula is C14H9BrCl2N6O3. The van der Waals surface area contributed by atoms with Gasteiger partial charge in [0.1, 0.15) is 9.50 Å². The standard InChI is InChI=1S/C14H9BrCl2N6O3/c15-10-11(19-20-13(10)23(25)26)14(24)18-12-9(17)6-22(21-12)5-7-3-1-2-4-8(7)16/h1-4,6H,5H2,(H,19,20)(H,18,21,24). The molecule has 0 radical (unpaired) electrons. The Morgan fingerprint density at radius 2 is 2.08 bits per heavy atom. The number of benzene rings is 1. The van der Waals surface area contributed by atoms with E-state index in [1.807, 2.05) is 18.2 Å². The summed E-state index contributed by atoms with van der Waals surface area (Å²) in [4.78, 5) is 22.4. The molecule has 2 heterocycles. The highest BCUT2D eigenvalue weighted by atomic mass is 79.9. The predicted molar refractivity (Wildman–Crippen MR) is 98.7 cm³/mol. The Morgan fingerprint density at radius 3 is 2.73 bits per heavy atom. The molecule has 0 atom stereocenters. The maximum atomic E-state index is 12.3. The number of nitrogens with zero attached hydrogens (tertiary/aromatic N) is 4. The summed E-state index contributed by atoms with van der Waals surface area (Å²) in [5.41, 5.74) is 0.644. The maximum Gasteiger partial charge on any atom is 0.357 e. The first-order chi connectivity index (χ1) is 12.4. The van der Waals surface area contributed by atoms with Crippen molar-refractivity contribution in [3.05, 3.63) is 66.4 Å². The Bertz CT molecular complexity index is 1000. The van der Waals surface area contributed by atoms with Crippen LogP contribution in [0.25, 0.3) is 0 Å². The van der Waals surface area contributed by atoms with Crippen LogP contribution < -0.4 is 5.32 Å². The number of anilines is 1. The molecule has 26 heavy (non-hydrogen) atoms. The lowest BCUT2D eigenvalue weighted by molar-refractivity contribution is -0.390. The number of carbonyl (C=O) groups is 1. The molecule has 0 aliphatic heterocycles. The first-order valence-electron chi connectivity index (χ1n) is 7.02. The van der Waals surface area contributed by atoms with Gasteiger partial charge >= 0.3 is 5.82 Å². The zero-order valence-corrected chi connectivity index (χ0v) is 15.8. The van der Waals surface area contributed by atoms with Crippen LogP contribution in [0.4, 0.5) is 11.6 Å². The third-order valence-electron chi connectivity index (χ3n) is 3.33. The molecule has 0 saturated heterocycles. The van der Waals surface area contributed by atoms with Crippen LogP contribution in [0, 0.1) is 10.1 Å². The van der Waals surface area contributed by atoms with Crippen LogP contribution >= 0.6 is 39.1 Å². The molecule has 3 aromatic rings. The van der Waals surface area contributed by atoms with Gasteiger partial charge in [-0.15, -0.1) is 5.10 Å². The summed E-state index contributed by atoms with van der Waals surface area (Å²) >= 11 is 15.2. The van der Waals surface area contributed by atoms with E-state index in [0.717, 1.165) is 5.56 Å². The molecule has 2 aromatic heterocycles. The Balaban J connectivity index is 1.79. The van der Waals surface area contributed by atoms with Crippen molar-refractivity contribution in [1.82, 2.24) is 20.0 Å². The molecule has 9 nitrogen and oxygen atoms in total. The molecule has 0 aliphatic carbocycles. The number of carbonyl (C=O) groups excluding carboxylic acids is 1. The predicted octanol–water partition coefficient (Wildman–Crippen LogP) is 3.88. The minimum Gasteiger partial charge on any atom is -0.358 e. The number of H-pyrrole nitrogens is 1. The van der Waals surface area contributed by atoms with Gasteiger partial charge in [-0.1, -0.05) is 46.5 Å². The zero-order chi connectivity index (χ0) is 18.8. The smallest absolute Gasteiger partial charge is 0.357 e. The number of aromatic nitrogens is 4. The molecule has 0 bridgehead atoms. The Hall–Kier alpha value is -2.43. The monoisotopic (exact) mass is 458 g/mol. The van der Waals surface area contributed by atoms with Gasteiger partial charge in [-0.3, -0.25) is 9.48 Å². The largest absolute Gasteiger partial charge is 0.358 e. The number of amides is 1. The Labute approximate surface area is 164 Å². The molecule has 3 rings (SSSR count). The van der Waals surface area contributed by atoms with Crippen molar-refractivity contribution in [3.63, 3.8) is 0 Å². The van der Waals surface area contributed by atoms with Crippen molar-refractivity contribution in [3.8, 4) is 0 Å². The fourth-order valence-corrected chi connectivity index (χ4v) is 3.02. The molecular weight excluding hydrogens is 451 g/mol. The van der Waals surface area contributed by atoms with Crippen molar-refractivity contribution in [2.24, 2.45) is 0 Å². The minimum atomic E-state index is -0.703. The molecule has 0 fully saturated rings. The second-order valence-corrected chi connectivity index (χ2v) is 6.67. The summed E-state index contributed by atoms with van der Waals surface area (Å²) in [5.74, 6) is -1.03. The van der Waals surface area contributed by atoms with Crippen molar-refractivity contribution in [2.75, 3.05) is 5.32 Å². The van der Waals surface area contributed by atoms with Gasteiger partial charge in [0.05, 0.1) is 6.54 Å². The number of nitro groups is 1. The SMILES string of the molecule is O=C(Nc1nn(Cc2ccccc2Cl)cc1Cl)c1n[nH]c([N+](=O)[O-])c1Br. The van der Waals surface area contributed by atoms with Crippen molar-refractivity contribution < 1.29 is 9.72 Å². The third kappa shape index (κ3) is 3.71. The molecule has 134 valence electrons. The van der Waals surface area contributed by atoms with Crippen LogP contribution in [0.5, 0.6) is 0 Å². The average molecular weight is 460 g/mol. The topological polar surface area (TPSA) is 119 Å². The van der Waals surface area contributed by atoms with E-state index in [2.05, 4.69) is 36.5 Å². The summed E-state index contributed by atoms with van der Waals surface area (Å²) < 4.78 is 1.45. The van der Waals surface area contributed by atoms with Gasteiger partial charge in [0.15, 0.2) is 11.5 Å².